The maximum absolute atomic E-state index is 12.1. The lowest BCUT2D eigenvalue weighted by Crippen LogP contribution is -1.98. The van der Waals surface area contributed by atoms with Gasteiger partial charge in [0.25, 0.3) is 0 Å². The zero-order chi connectivity index (χ0) is 18.7. The van der Waals surface area contributed by atoms with Gasteiger partial charge in [-0.3, -0.25) is 9.48 Å². The van der Waals surface area contributed by atoms with Gasteiger partial charge in [-0.25, -0.2) is 0 Å². The van der Waals surface area contributed by atoms with Crippen molar-refractivity contribution in [2.24, 2.45) is 7.05 Å². The van der Waals surface area contributed by atoms with Crippen molar-refractivity contribution in [3.63, 3.8) is 0 Å². The zero-order valence-electron chi connectivity index (χ0n) is 14.2. The van der Waals surface area contributed by atoms with Crippen LogP contribution in [0.2, 0.25) is 10.0 Å². The van der Waals surface area contributed by atoms with E-state index in [1.54, 1.807) is 37.5 Å². The van der Waals surface area contributed by atoms with Crippen molar-refractivity contribution >= 4 is 35.1 Å². The minimum absolute atomic E-state index is 0.203. The zero-order valence-corrected chi connectivity index (χ0v) is 15.7. The van der Waals surface area contributed by atoms with Crippen molar-refractivity contribution in [3.05, 3.63) is 75.4 Å². The standard InChI is InChI=1S/C19H16Cl2N2O3/c1-12-4-3-5-15(20)19(12)25-11-14-7-6-13(26-14)8-9-17(24)18-16(21)10-23(2)22-18/h3-10H,11H2,1-2H3/b9-8+. The fraction of sp³-hybridized carbons (Fsp3) is 0.158. The number of carbonyl (C=O) groups is 1. The number of nitrogens with zero attached hydrogens (tertiary/aromatic N) is 2. The number of ketones is 1. The van der Waals surface area contributed by atoms with E-state index in [-0.39, 0.29) is 18.1 Å². The molecule has 0 unspecified atom stereocenters. The lowest BCUT2D eigenvalue weighted by atomic mass is 10.2. The highest BCUT2D eigenvalue weighted by atomic mass is 35.5. The molecule has 0 saturated carbocycles. The van der Waals surface area contributed by atoms with Crippen LogP contribution in [0.25, 0.3) is 6.08 Å². The van der Waals surface area contributed by atoms with E-state index in [1.807, 2.05) is 19.1 Å². The average molecular weight is 391 g/mol. The topological polar surface area (TPSA) is 57.3 Å². The monoisotopic (exact) mass is 390 g/mol. The molecule has 0 saturated heterocycles. The summed E-state index contributed by atoms with van der Waals surface area (Å²) in [7, 11) is 1.70. The first kappa shape index (κ1) is 18.3. The van der Waals surface area contributed by atoms with Gasteiger partial charge in [-0.05, 0) is 42.8 Å². The molecule has 7 heteroatoms. The Kier molecular flexibility index (Phi) is 5.49. The van der Waals surface area contributed by atoms with Gasteiger partial charge >= 0.3 is 0 Å². The summed E-state index contributed by atoms with van der Waals surface area (Å²) in [5.41, 5.74) is 1.15. The summed E-state index contributed by atoms with van der Waals surface area (Å²) in [6, 6.07) is 9.09. The molecule has 0 fully saturated rings. The van der Waals surface area contributed by atoms with Gasteiger partial charge in [0.2, 0.25) is 5.78 Å². The molecule has 0 atom stereocenters. The molecular formula is C19H16Cl2N2O3. The van der Waals surface area contributed by atoms with Crippen molar-refractivity contribution in [1.82, 2.24) is 9.78 Å². The summed E-state index contributed by atoms with van der Waals surface area (Å²) in [4.78, 5) is 12.1. The number of hydrogen-bond acceptors (Lipinski definition) is 4. The lowest BCUT2D eigenvalue weighted by molar-refractivity contribution is 0.104. The van der Waals surface area contributed by atoms with E-state index in [0.717, 1.165) is 5.56 Å². The SMILES string of the molecule is Cc1cccc(Cl)c1OCc1ccc(/C=C/C(=O)c2nn(C)cc2Cl)o1. The van der Waals surface area contributed by atoms with E-state index in [1.165, 1.54) is 10.8 Å². The minimum atomic E-state index is -0.295. The molecule has 0 spiro atoms. The molecule has 26 heavy (non-hydrogen) atoms. The van der Waals surface area contributed by atoms with Crippen LogP contribution in [-0.2, 0) is 13.7 Å². The van der Waals surface area contributed by atoms with Crippen LogP contribution >= 0.6 is 23.2 Å². The molecule has 0 aliphatic carbocycles. The van der Waals surface area contributed by atoms with Crippen LogP contribution in [-0.4, -0.2) is 15.6 Å². The third-order valence-corrected chi connectivity index (χ3v) is 4.20. The first-order chi connectivity index (χ1) is 12.4. The number of carbonyl (C=O) groups excluding carboxylic acids is 1. The van der Waals surface area contributed by atoms with Crippen molar-refractivity contribution in [2.45, 2.75) is 13.5 Å². The fourth-order valence-corrected chi connectivity index (χ4v) is 2.92. The molecule has 5 nitrogen and oxygen atoms in total. The van der Waals surface area contributed by atoms with Crippen LogP contribution in [0, 0.1) is 6.92 Å². The van der Waals surface area contributed by atoms with Crippen molar-refractivity contribution in [2.75, 3.05) is 0 Å². The smallest absolute Gasteiger partial charge is 0.207 e. The summed E-state index contributed by atoms with van der Waals surface area (Å²) in [5.74, 6) is 1.48. The number of para-hydroxylation sites is 1. The number of hydrogen-bond donors (Lipinski definition) is 0. The molecule has 0 radical (unpaired) electrons. The Hall–Kier alpha value is -2.50. The second-order valence-corrected chi connectivity index (χ2v) is 6.49. The number of halogens is 2. The van der Waals surface area contributed by atoms with Crippen molar-refractivity contribution < 1.29 is 13.9 Å². The van der Waals surface area contributed by atoms with Gasteiger partial charge in [-0.15, -0.1) is 0 Å². The van der Waals surface area contributed by atoms with E-state index >= 15 is 0 Å². The van der Waals surface area contributed by atoms with E-state index in [9.17, 15) is 4.79 Å². The molecule has 134 valence electrons. The van der Waals surface area contributed by atoms with Gasteiger partial charge < -0.3 is 9.15 Å². The van der Waals surface area contributed by atoms with Crippen LogP contribution < -0.4 is 4.74 Å². The Morgan fingerprint density at radius 2 is 2.08 bits per heavy atom. The summed E-state index contributed by atoms with van der Waals surface area (Å²) in [5, 5.41) is 4.89. The van der Waals surface area contributed by atoms with Gasteiger partial charge in [0, 0.05) is 13.2 Å². The summed E-state index contributed by atoms with van der Waals surface area (Å²) >= 11 is 12.1. The molecule has 0 N–H and O–H groups in total. The Bertz CT molecular complexity index is 953. The van der Waals surface area contributed by atoms with Crippen molar-refractivity contribution in [1.29, 1.82) is 0 Å². The summed E-state index contributed by atoms with van der Waals surface area (Å²) < 4.78 is 12.9. The highest BCUT2D eigenvalue weighted by molar-refractivity contribution is 6.34. The first-order valence-corrected chi connectivity index (χ1v) is 8.58. The number of aromatic nitrogens is 2. The van der Waals surface area contributed by atoms with Crippen LogP contribution in [0.3, 0.4) is 0 Å². The Balaban J connectivity index is 1.64. The maximum atomic E-state index is 12.1. The van der Waals surface area contributed by atoms with E-state index in [2.05, 4.69) is 5.10 Å². The van der Waals surface area contributed by atoms with E-state index < -0.39 is 0 Å². The van der Waals surface area contributed by atoms with E-state index in [0.29, 0.717) is 27.3 Å². The van der Waals surface area contributed by atoms with Crippen LogP contribution in [0.15, 0.2) is 47.0 Å². The van der Waals surface area contributed by atoms with Gasteiger partial charge in [0.15, 0.2) is 5.69 Å². The predicted octanol–water partition coefficient (Wildman–Crippen LogP) is 5.10. The van der Waals surface area contributed by atoms with E-state index in [4.69, 9.17) is 32.4 Å². The number of allylic oxidation sites excluding steroid dienone is 1. The molecule has 1 aromatic carbocycles. The molecule has 2 aromatic heterocycles. The average Bonchev–Trinajstić information content (AvgIpc) is 3.18. The quantitative estimate of drug-likeness (QED) is 0.433. The number of benzene rings is 1. The normalized spacial score (nSPS) is 11.2. The van der Waals surface area contributed by atoms with Crippen LogP contribution in [0.4, 0.5) is 0 Å². The fourth-order valence-electron chi connectivity index (χ4n) is 2.37. The molecule has 2 heterocycles. The molecule has 0 amide bonds. The molecule has 0 bridgehead atoms. The molecule has 3 rings (SSSR count). The highest BCUT2D eigenvalue weighted by Crippen LogP contribution is 2.28. The minimum Gasteiger partial charge on any atom is -0.484 e. The Labute approximate surface area is 160 Å². The Morgan fingerprint density at radius 3 is 2.77 bits per heavy atom. The van der Waals surface area contributed by atoms with Crippen LogP contribution in [0.5, 0.6) is 5.75 Å². The van der Waals surface area contributed by atoms with Gasteiger partial charge in [0.1, 0.15) is 23.9 Å². The number of rotatable bonds is 6. The highest BCUT2D eigenvalue weighted by Gasteiger charge is 2.12. The lowest BCUT2D eigenvalue weighted by Gasteiger charge is -2.09. The molecule has 3 aromatic rings. The Morgan fingerprint density at radius 1 is 1.27 bits per heavy atom. The van der Waals surface area contributed by atoms with Gasteiger partial charge in [-0.2, -0.15) is 5.10 Å². The van der Waals surface area contributed by atoms with Crippen molar-refractivity contribution in [3.8, 4) is 5.75 Å². The maximum Gasteiger partial charge on any atom is 0.207 e. The second kappa shape index (κ2) is 7.81. The number of ether oxygens (including phenoxy) is 1. The van der Waals surface area contributed by atoms with Crippen LogP contribution in [0.1, 0.15) is 27.6 Å². The molecule has 0 aliphatic rings. The predicted molar refractivity (Wildman–Crippen MR) is 101 cm³/mol. The third kappa shape index (κ3) is 4.18. The van der Waals surface area contributed by atoms with Gasteiger partial charge in [-0.1, -0.05) is 35.3 Å². The summed E-state index contributed by atoms with van der Waals surface area (Å²) in [6.45, 7) is 2.16. The summed E-state index contributed by atoms with van der Waals surface area (Å²) in [6.07, 6.45) is 4.51. The number of furan rings is 1. The number of aryl methyl sites for hydroxylation is 2. The molecule has 0 aliphatic heterocycles. The largest absolute Gasteiger partial charge is 0.484 e. The second-order valence-electron chi connectivity index (χ2n) is 5.68. The first-order valence-electron chi connectivity index (χ1n) is 7.82. The van der Waals surface area contributed by atoms with Gasteiger partial charge in [0.05, 0.1) is 10.0 Å². The molecular weight excluding hydrogens is 375 g/mol. The third-order valence-electron chi connectivity index (χ3n) is 3.62.